The second-order valence-corrected chi connectivity index (χ2v) is 5.77. The molecule has 0 spiro atoms. The molecule has 6 heteroatoms. The maximum absolute atomic E-state index is 13.2. The van der Waals surface area contributed by atoms with Crippen LogP contribution in [-0.4, -0.2) is 24.3 Å². The van der Waals surface area contributed by atoms with Crippen molar-refractivity contribution in [2.24, 2.45) is 0 Å². The minimum atomic E-state index is -0.463. The minimum absolute atomic E-state index is 0.277. The standard InChI is InChI=1S/C18H16ClFN2O2/c1-24-18(23)21-9-8-12-11-22(15-5-3-14(20)4-6-15)17-7-2-13(19)10-16(12)17/h2-7,10-11H,8-9H2,1H3,(H,21,23). The maximum Gasteiger partial charge on any atom is 0.406 e. The molecule has 1 amide bonds. The fourth-order valence-electron chi connectivity index (χ4n) is 2.66. The van der Waals surface area contributed by atoms with E-state index in [9.17, 15) is 9.18 Å². The van der Waals surface area contributed by atoms with Gasteiger partial charge in [0.05, 0.1) is 12.6 Å². The normalized spacial score (nSPS) is 10.8. The average Bonchev–Trinajstić information content (AvgIpc) is 2.93. The number of carbonyl (C=O) groups is 1. The van der Waals surface area contributed by atoms with Crippen LogP contribution in [0.3, 0.4) is 0 Å². The van der Waals surface area contributed by atoms with E-state index < -0.39 is 6.09 Å². The number of aromatic nitrogens is 1. The SMILES string of the molecule is COC(=O)NCCc1cn(-c2ccc(F)cc2)c2ccc(Cl)cc12. The summed E-state index contributed by atoms with van der Waals surface area (Å²) in [5, 5.41) is 4.30. The fourth-order valence-corrected chi connectivity index (χ4v) is 2.83. The first-order chi connectivity index (χ1) is 11.6. The highest BCUT2D eigenvalue weighted by Gasteiger charge is 2.11. The predicted molar refractivity (Wildman–Crippen MR) is 92.4 cm³/mol. The molecule has 4 nitrogen and oxygen atoms in total. The molecular weight excluding hydrogens is 331 g/mol. The third-order valence-corrected chi connectivity index (χ3v) is 4.04. The molecule has 1 aromatic heterocycles. The van der Waals surface area contributed by atoms with Gasteiger partial charge in [0.2, 0.25) is 0 Å². The van der Waals surface area contributed by atoms with Crippen LogP contribution in [0.5, 0.6) is 0 Å². The Hall–Kier alpha value is -2.53. The van der Waals surface area contributed by atoms with E-state index in [0.717, 1.165) is 22.2 Å². The van der Waals surface area contributed by atoms with Crippen molar-refractivity contribution in [1.82, 2.24) is 9.88 Å². The Bertz CT molecular complexity index is 875. The van der Waals surface area contributed by atoms with E-state index in [1.807, 2.05) is 29.0 Å². The van der Waals surface area contributed by atoms with Gasteiger partial charge in [0, 0.05) is 28.8 Å². The van der Waals surface area contributed by atoms with Crippen LogP contribution in [0, 0.1) is 5.82 Å². The summed E-state index contributed by atoms with van der Waals surface area (Å²) in [7, 11) is 1.33. The number of hydrogen-bond acceptors (Lipinski definition) is 2. The topological polar surface area (TPSA) is 43.3 Å². The quantitative estimate of drug-likeness (QED) is 0.764. The van der Waals surface area contributed by atoms with Crippen LogP contribution >= 0.6 is 11.6 Å². The van der Waals surface area contributed by atoms with E-state index in [0.29, 0.717) is 18.0 Å². The van der Waals surface area contributed by atoms with Crippen LogP contribution in [0.1, 0.15) is 5.56 Å². The summed E-state index contributed by atoms with van der Waals surface area (Å²) < 4.78 is 19.7. The number of benzene rings is 2. The smallest absolute Gasteiger partial charge is 0.406 e. The van der Waals surface area contributed by atoms with Gasteiger partial charge >= 0.3 is 6.09 Å². The van der Waals surface area contributed by atoms with Crippen LogP contribution in [-0.2, 0) is 11.2 Å². The zero-order valence-corrected chi connectivity index (χ0v) is 13.8. The van der Waals surface area contributed by atoms with Gasteiger partial charge in [-0.25, -0.2) is 9.18 Å². The Morgan fingerprint density at radius 3 is 2.71 bits per heavy atom. The Balaban J connectivity index is 1.98. The van der Waals surface area contributed by atoms with Gasteiger partial charge in [-0.3, -0.25) is 0 Å². The Kier molecular flexibility index (Phi) is 4.71. The van der Waals surface area contributed by atoms with E-state index in [1.165, 1.54) is 19.2 Å². The number of nitrogens with zero attached hydrogens (tertiary/aromatic N) is 1. The van der Waals surface area contributed by atoms with Crippen molar-refractivity contribution in [3.05, 3.63) is 65.1 Å². The van der Waals surface area contributed by atoms with Crippen LogP contribution < -0.4 is 5.32 Å². The predicted octanol–water partition coefficient (Wildman–Crippen LogP) is 4.32. The van der Waals surface area contributed by atoms with Gasteiger partial charge in [-0.2, -0.15) is 0 Å². The van der Waals surface area contributed by atoms with Crippen molar-refractivity contribution in [2.75, 3.05) is 13.7 Å². The van der Waals surface area contributed by atoms with E-state index in [4.69, 9.17) is 11.6 Å². The first-order valence-electron chi connectivity index (χ1n) is 7.46. The van der Waals surface area contributed by atoms with Crippen molar-refractivity contribution in [1.29, 1.82) is 0 Å². The van der Waals surface area contributed by atoms with E-state index in [1.54, 1.807) is 12.1 Å². The number of rotatable bonds is 4. The third kappa shape index (κ3) is 3.36. The van der Waals surface area contributed by atoms with Crippen LogP contribution in [0.4, 0.5) is 9.18 Å². The summed E-state index contributed by atoms with van der Waals surface area (Å²) in [4.78, 5) is 11.2. The lowest BCUT2D eigenvalue weighted by Crippen LogP contribution is -2.25. The van der Waals surface area contributed by atoms with Crippen molar-refractivity contribution in [2.45, 2.75) is 6.42 Å². The van der Waals surface area contributed by atoms with E-state index in [-0.39, 0.29) is 5.82 Å². The first kappa shape index (κ1) is 16.3. The first-order valence-corrected chi connectivity index (χ1v) is 7.83. The molecule has 0 aliphatic carbocycles. The fraction of sp³-hybridized carbons (Fsp3) is 0.167. The van der Waals surface area contributed by atoms with Crippen molar-refractivity contribution >= 4 is 28.6 Å². The van der Waals surface area contributed by atoms with Crippen LogP contribution in [0.2, 0.25) is 5.02 Å². The number of carbonyl (C=O) groups excluding carboxylic acids is 1. The number of nitrogens with one attached hydrogen (secondary N) is 1. The Morgan fingerprint density at radius 1 is 1.25 bits per heavy atom. The molecule has 0 aliphatic heterocycles. The molecule has 24 heavy (non-hydrogen) atoms. The molecule has 3 rings (SSSR count). The number of ether oxygens (including phenoxy) is 1. The lowest BCUT2D eigenvalue weighted by molar-refractivity contribution is 0.171. The van der Waals surface area contributed by atoms with Gasteiger partial charge in [-0.05, 0) is 54.4 Å². The summed E-state index contributed by atoms with van der Waals surface area (Å²) in [5.74, 6) is -0.277. The summed E-state index contributed by atoms with van der Waals surface area (Å²) in [6, 6.07) is 11.9. The summed E-state index contributed by atoms with van der Waals surface area (Å²) in [6.45, 7) is 0.446. The number of methoxy groups -OCH3 is 1. The molecule has 0 unspecified atom stereocenters. The minimum Gasteiger partial charge on any atom is -0.453 e. The number of fused-ring (bicyclic) bond motifs is 1. The lowest BCUT2D eigenvalue weighted by atomic mass is 10.1. The average molecular weight is 347 g/mol. The highest BCUT2D eigenvalue weighted by molar-refractivity contribution is 6.31. The van der Waals surface area contributed by atoms with Gasteiger partial charge < -0.3 is 14.6 Å². The maximum atomic E-state index is 13.2. The molecule has 0 saturated carbocycles. The monoisotopic (exact) mass is 346 g/mol. The van der Waals surface area contributed by atoms with Crippen LogP contribution in [0.15, 0.2) is 48.7 Å². The zero-order chi connectivity index (χ0) is 17.1. The van der Waals surface area contributed by atoms with Gasteiger partial charge in [-0.1, -0.05) is 11.6 Å². The number of alkyl carbamates (subject to hydrolysis) is 1. The van der Waals surface area contributed by atoms with Crippen molar-refractivity contribution in [3.8, 4) is 5.69 Å². The van der Waals surface area contributed by atoms with E-state index >= 15 is 0 Å². The number of halogens is 2. The molecule has 1 heterocycles. The van der Waals surface area contributed by atoms with Gasteiger partial charge in [0.15, 0.2) is 0 Å². The van der Waals surface area contributed by atoms with Gasteiger partial charge in [-0.15, -0.1) is 0 Å². The molecule has 124 valence electrons. The molecule has 0 saturated heterocycles. The largest absolute Gasteiger partial charge is 0.453 e. The Morgan fingerprint density at radius 2 is 2.00 bits per heavy atom. The molecule has 3 aromatic rings. The molecule has 2 aromatic carbocycles. The van der Waals surface area contributed by atoms with Crippen molar-refractivity contribution in [3.63, 3.8) is 0 Å². The molecule has 0 fully saturated rings. The third-order valence-electron chi connectivity index (χ3n) is 3.80. The highest BCUT2D eigenvalue weighted by atomic mass is 35.5. The summed E-state index contributed by atoms with van der Waals surface area (Å²) in [5.41, 5.74) is 2.86. The highest BCUT2D eigenvalue weighted by Crippen LogP contribution is 2.28. The van der Waals surface area contributed by atoms with E-state index in [2.05, 4.69) is 10.1 Å². The lowest BCUT2D eigenvalue weighted by Gasteiger charge is -2.05. The van der Waals surface area contributed by atoms with Gasteiger partial charge in [0.1, 0.15) is 5.82 Å². The zero-order valence-electron chi connectivity index (χ0n) is 13.1. The second-order valence-electron chi connectivity index (χ2n) is 5.33. The summed E-state index contributed by atoms with van der Waals surface area (Å²) >= 11 is 6.13. The molecular formula is C18H16ClFN2O2. The second kappa shape index (κ2) is 6.93. The van der Waals surface area contributed by atoms with Crippen molar-refractivity contribution < 1.29 is 13.9 Å². The molecule has 0 atom stereocenters. The molecule has 0 bridgehead atoms. The molecule has 0 radical (unpaired) electrons. The molecule has 1 N–H and O–H groups in total. The van der Waals surface area contributed by atoms with Crippen LogP contribution in [0.25, 0.3) is 16.6 Å². The number of hydrogen-bond donors (Lipinski definition) is 1. The van der Waals surface area contributed by atoms with Gasteiger partial charge in [0.25, 0.3) is 0 Å². The number of amides is 1. The molecule has 0 aliphatic rings. The summed E-state index contributed by atoms with van der Waals surface area (Å²) in [6.07, 6.45) is 2.14. The Labute approximate surface area is 143 Å².